The molecule has 8 nitrogen and oxygen atoms in total. The van der Waals surface area contributed by atoms with Crippen molar-refractivity contribution in [1.29, 1.82) is 0 Å². The van der Waals surface area contributed by atoms with Crippen LogP contribution < -0.4 is 18.9 Å². The summed E-state index contributed by atoms with van der Waals surface area (Å²) in [6, 6.07) is 3.21. The molecule has 2 atom stereocenters. The molecule has 0 fully saturated rings. The predicted molar refractivity (Wildman–Crippen MR) is 110 cm³/mol. The standard InChI is InChI=1S/C22H22ClNO7/c1-24-7-6-10-14(12(8-25)19-21(16(10)23)30-9-29-19)17(24)18-11-4-5-13(27-2)20(28-3)15(11)22(26)31-18/h4-5,17-18,25H,6-9H2,1-3H3/t17-,18+/m1/s1. The Kier molecular flexibility index (Phi) is 4.88. The molecule has 3 aliphatic heterocycles. The van der Waals surface area contributed by atoms with Crippen molar-refractivity contribution in [3.05, 3.63) is 45.0 Å². The van der Waals surface area contributed by atoms with E-state index in [1.54, 1.807) is 6.07 Å². The maximum absolute atomic E-state index is 12.9. The van der Waals surface area contributed by atoms with Crippen LogP contribution in [-0.2, 0) is 17.8 Å². The normalized spacial score (nSPS) is 21.5. The Labute approximate surface area is 184 Å². The highest BCUT2D eigenvalue weighted by molar-refractivity contribution is 6.33. The molecular formula is C22H22ClNO7. The van der Waals surface area contributed by atoms with Gasteiger partial charge in [-0.2, -0.15) is 0 Å². The van der Waals surface area contributed by atoms with Gasteiger partial charge < -0.3 is 28.8 Å². The zero-order chi connectivity index (χ0) is 21.9. The molecule has 2 aromatic carbocycles. The van der Waals surface area contributed by atoms with E-state index in [2.05, 4.69) is 4.90 Å². The van der Waals surface area contributed by atoms with Gasteiger partial charge in [0.1, 0.15) is 11.7 Å². The van der Waals surface area contributed by atoms with Crippen molar-refractivity contribution in [2.45, 2.75) is 25.2 Å². The molecule has 9 heteroatoms. The fraction of sp³-hybridized carbons (Fsp3) is 0.409. The van der Waals surface area contributed by atoms with Crippen LogP contribution in [0.4, 0.5) is 0 Å². The highest BCUT2D eigenvalue weighted by Gasteiger charge is 2.46. The molecule has 0 radical (unpaired) electrons. The van der Waals surface area contributed by atoms with Crippen molar-refractivity contribution < 1.29 is 33.6 Å². The van der Waals surface area contributed by atoms with E-state index in [4.69, 9.17) is 35.3 Å². The van der Waals surface area contributed by atoms with Crippen LogP contribution in [-0.4, -0.2) is 50.6 Å². The fourth-order valence-electron chi connectivity index (χ4n) is 4.88. The quantitative estimate of drug-likeness (QED) is 0.716. The number of rotatable bonds is 4. The first-order valence-electron chi connectivity index (χ1n) is 9.91. The third kappa shape index (κ3) is 2.78. The molecule has 2 aromatic rings. The molecule has 0 saturated heterocycles. The number of fused-ring (bicyclic) bond motifs is 3. The first-order valence-corrected chi connectivity index (χ1v) is 10.3. The molecule has 0 spiro atoms. The average Bonchev–Trinajstić information content (AvgIpc) is 3.39. The third-order valence-corrected chi connectivity index (χ3v) is 6.65. The van der Waals surface area contributed by atoms with Gasteiger partial charge in [-0.15, -0.1) is 0 Å². The maximum Gasteiger partial charge on any atom is 0.343 e. The second-order valence-electron chi connectivity index (χ2n) is 7.67. The van der Waals surface area contributed by atoms with E-state index in [0.717, 1.165) is 11.1 Å². The minimum Gasteiger partial charge on any atom is -0.493 e. The SMILES string of the molecule is COc1ccc2c(c1OC)C(=O)O[C@@H]2[C@H]1c2c(c(Cl)c3c(c2CO)OCO3)CCN1C. The van der Waals surface area contributed by atoms with Gasteiger partial charge in [-0.3, -0.25) is 4.90 Å². The summed E-state index contributed by atoms with van der Waals surface area (Å²) in [6.07, 6.45) is 0.0534. The number of cyclic esters (lactones) is 1. The molecule has 3 aliphatic rings. The first kappa shape index (κ1) is 20.2. The van der Waals surface area contributed by atoms with Gasteiger partial charge in [0.15, 0.2) is 23.0 Å². The van der Waals surface area contributed by atoms with Crippen LogP contribution in [0.15, 0.2) is 12.1 Å². The van der Waals surface area contributed by atoms with Crippen LogP contribution in [0.2, 0.25) is 5.02 Å². The highest BCUT2D eigenvalue weighted by atomic mass is 35.5. The number of carbonyl (C=O) groups excluding carboxylic acids is 1. The summed E-state index contributed by atoms with van der Waals surface area (Å²) in [6.45, 7) is 0.483. The molecular weight excluding hydrogens is 426 g/mol. The molecule has 0 amide bonds. The van der Waals surface area contributed by atoms with E-state index in [1.807, 2.05) is 13.1 Å². The van der Waals surface area contributed by atoms with Crippen molar-refractivity contribution >= 4 is 17.6 Å². The number of nitrogens with zero attached hydrogens (tertiary/aromatic N) is 1. The van der Waals surface area contributed by atoms with Crippen molar-refractivity contribution in [2.24, 2.45) is 0 Å². The Morgan fingerprint density at radius 2 is 2.00 bits per heavy atom. The van der Waals surface area contributed by atoms with E-state index in [9.17, 15) is 9.90 Å². The number of esters is 1. The fourth-order valence-corrected chi connectivity index (χ4v) is 5.21. The number of ether oxygens (including phenoxy) is 5. The number of hydrogen-bond donors (Lipinski definition) is 1. The second kappa shape index (κ2) is 7.47. The number of aliphatic hydroxyl groups excluding tert-OH is 1. The smallest absolute Gasteiger partial charge is 0.343 e. The van der Waals surface area contributed by atoms with E-state index in [0.29, 0.717) is 57.7 Å². The topological polar surface area (TPSA) is 86.7 Å². The molecule has 0 saturated carbocycles. The van der Waals surface area contributed by atoms with E-state index in [1.165, 1.54) is 14.2 Å². The van der Waals surface area contributed by atoms with E-state index >= 15 is 0 Å². The van der Waals surface area contributed by atoms with E-state index in [-0.39, 0.29) is 19.4 Å². The van der Waals surface area contributed by atoms with Crippen LogP contribution in [0.25, 0.3) is 0 Å². The molecule has 3 heterocycles. The molecule has 0 unspecified atom stereocenters. The summed E-state index contributed by atoms with van der Waals surface area (Å²) in [7, 11) is 4.97. The number of methoxy groups -OCH3 is 2. The second-order valence-corrected chi connectivity index (χ2v) is 8.05. The molecule has 0 aromatic heterocycles. The van der Waals surface area contributed by atoms with Gasteiger partial charge in [0.25, 0.3) is 0 Å². The Hall–Kier alpha value is -2.68. The number of hydrogen-bond acceptors (Lipinski definition) is 8. The Balaban J connectivity index is 1.72. The zero-order valence-electron chi connectivity index (χ0n) is 17.4. The summed E-state index contributed by atoms with van der Waals surface area (Å²) >= 11 is 6.69. The van der Waals surface area contributed by atoms with E-state index < -0.39 is 12.1 Å². The lowest BCUT2D eigenvalue weighted by atomic mass is 9.83. The maximum atomic E-state index is 12.9. The minimum absolute atomic E-state index is 0.0453. The molecule has 0 bridgehead atoms. The van der Waals surface area contributed by atoms with Crippen LogP contribution in [0.5, 0.6) is 23.0 Å². The van der Waals surface area contributed by atoms with Gasteiger partial charge in [0.2, 0.25) is 6.79 Å². The van der Waals surface area contributed by atoms with Crippen LogP contribution >= 0.6 is 11.6 Å². The average molecular weight is 448 g/mol. The van der Waals surface area contributed by atoms with Crippen LogP contribution in [0.3, 0.4) is 0 Å². The lowest BCUT2D eigenvalue weighted by Crippen LogP contribution is -2.37. The predicted octanol–water partition coefficient (Wildman–Crippen LogP) is 3.02. The van der Waals surface area contributed by atoms with Gasteiger partial charge in [0.05, 0.1) is 31.9 Å². The monoisotopic (exact) mass is 447 g/mol. The highest BCUT2D eigenvalue weighted by Crippen LogP contribution is 2.55. The zero-order valence-corrected chi connectivity index (χ0v) is 18.1. The van der Waals surface area contributed by atoms with Crippen molar-refractivity contribution in [3.63, 3.8) is 0 Å². The van der Waals surface area contributed by atoms with Gasteiger partial charge in [-0.05, 0) is 30.7 Å². The number of aliphatic hydroxyl groups is 1. The first-order chi connectivity index (χ1) is 15.0. The Morgan fingerprint density at radius 3 is 2.71 bits per heavy atom. The number of benzene rings is 2. The lowest BCUT2D eigenvalue weighted by Gasteiger charge is -2.39. The molecule has 164 valence electrons. The lowest BCUT2D eigenvalue weighted by molar-refractivity contribution is 0.00889. The molecule has 1 N–H and O–H groups in total. The van der Waals surface area contributed by atoms with Gasteiger partial charge in [0, 0.05) is 17.7 Å². The summed E-state index contributed by atoms with van der Waals surface area (Å²) < 4.78 is 27.9. The van der Waals surface area contributed by atoms with Crippen molar-refractivity contribution in [1.82, 2.24) is 4.90 Å². The molecule has 5 rings (SSSR count). The third-order valence-electron chi connectivity index (χ3n) is 6.25. The van der Waals surface area contributed by atoms with Crippen LogP contribution in [0, 0.1) is 0 Å². The Morgan fingerprint density at radius 1 is 1.23 bits per heavy atom. The van der Waals surface area contributed by atoms with Crippen molar-refractivity contribution in [3.8, 4) is 23.0 Å². The van der Waals surface area contributed by atoms with Gasteiger partial charge in [-0.1, -0.05) is 17.7 Å². The van der Waals surface area contributed by atoms with Gasteiger partial charge >= 0.3 is 5.97 Å². The largest absolute Gasteiger partial charge is 0.493 e. The number of carbonyl (C=O) groups is 1. The molecule has 0 aliphatic carbocycles. The van der Waals surface area contributed by atoms with Crippen LogP contribution in [0.1, 0.15) is 44.8 Å². The number of halogens is 1. The van der Waals surface area contributed by atoms with Gasteiger partial charge in [-0.25, -0.2) is 4.79 Å². The molecule has 31 heavy (non-hydrogen) atoms. The summed E-state index contributed by atoms with van der Waals surface area (Å²) in [5.41, 5.74) is 3.34. The summed E-state index contributed by atoms with van der Waals surface area (Å²) in [5.74, 6) is 1.23. The van der Waals surface area contributed by atoms with Crippen molar-refractivity contribution in [2.75, 3.05) is 34.6 Å². The summed E-state index contributed by atoms with van der Waals surface area (Å²) in [5, 5.41) is 10.7. The minimum atomic E-state index is -0.618. The Bertz CT molecular complexity index is 1090. The number of likely N-dealkylation sites (N-methyl/N-ethyl adjacent to an activating group) is 1. The summed E-state index contributed by atoms with van der Waals surface area (Å²) in [4.78, 5) is 15.0.